The molecule has 7 heterocycles. The summed E-state index contributed by atoms with van der Waals surface area (Å²) >= 11 is 0. The number of benzene rings is 1. The minimum absolute atomic E-state index is 0.0105. The highest BCUT2D eigenvalue weighted by molar-refractivity contribution is 6.08. The molecule has 1 aliphatic carbocycles. The molecule has 342 valence electrons. The third-order valence-electron chi connectivity index (χ3n) is 13.5. The molecule has 3 saturated heterocycles. The zero-order valence-electron chi connectivity index (χ0n) is 36.7. The summed E-state index contributed by atoms with van der Waals surface area (Å²) in [5, 5.41) is 13.6. The third kappa shape index (κ3) is 9.06. The quantitative estimate of drug-likeness (QED) is 0.117. The molecule has 64 heavy (non-hydrogen) atoms. The fourth-order valence-electron chi connectivity index (χ4n) is 10.1. The van der Waals surface area contributed by atoms with Crippen LogP contribution in [0.2, 0.25) is 0 Å². The number of piperidine rings is 2. The summed E-state index contributed by atoms with van der Waals surface area (Å²) in [4.78, 5) is 60.5. The predicted molar refractivity (Wildman–Crippen MR) is 234 cm³/mol. The third-order valence-corrected chi connectivity index (χ3v) is 13.5. The van der Waals surface area contributed by atoms with E-state index in [9.17, 15) is 28.0 Å². The maximum Gasteiger partial charge on any atom is 0.329 e. The number of carbonyl (C=O) groups excluding carboxylic acids is 3. The Bertz CT molecular complexity index is 2580. The van der Waals surface area contributed by atoms with Gasteiger partial charge in [0.05, 0.1) is 47.3 Å². The molecule has 9 rings (SSSR count). The molecule has 1 unspecified atom stereocenters. The number of hydrogen-bond donors (Lipinski definition) is 2. The Kier molecular flexibility index (Phi) is 12.4. The van der Waals surface area contributed by atoms with E-state index in [1.54, 1.807) is 28.7 Å². The Morgan fingerprint density at radius 2 is 1.84 bits per heavy atom. The summed E-state index contributed by atoms with van der Waals surface area (Å²) in [5.74, 6) is -0.154. The van der Waals surface area contributed by atoms with Crippen LogP contribution in [0.25, 0.3) is 16.7 Å². The van der Waals surface area contributed by atoms with Crippen molar-refractivity contribution in [3.8, 4) is 0 Å². The van der Waals surface area contributed by atoms with Gasteiger partial charge in [-0.1, -0.05) is 12.1 Å². The molecule has 4 aliphatic rings. The SMILES string of the molecule is Cn1c(=O)n(C2CCC(=O)NC2=O)c2cccc(CCCOC3CCN(C[C@H]4CC[C@H](n5cc(NC(=O)c6cnn7ccc(N8CCOC(C)(C)C8)nc67)c(C(F)F)n5)CC4)CC3)c21. The Hall–Kier alpha value is -5.53. The van der Waals surface area contributed by atoms with Gasteiger partial charge in [-0.3, -0.25) is 33.5 Å². The Labute approximate surface area is 369 Å². The number of ether oxygens (including phenoxy) is 2. The van der Waals surface area contributed by atoms with E-state index in [1.165, 1.54) is 15.3 Å². The smallest absolute Gasteiger partial charge is 0.329 e. The highest BCUT2D eigenvalue weighted by atomic mass is 19.3. The molecule has 4 aromatic heterocycles. The molecule has 5 aromatic rings. The molecule has 0 spiro atoms. The van der Waals surface area contributed by atoms with E-state index in [2.05, 4.69) is 30.6 Å². The van der Waals surface area contributed by atoms with E-state index in [0.717, 1.165) is 82.1 Å². The lowest BCUT2D eigenvalue weighted by Crippen LogP contribution is -2.48. The van der Waals surface area contributed by atoms with E-state index in [-0.39, 0.29) is 47.0 Å². The second-order valence-corrected chi connectivity index (χ2v) is 18.4. The number of aromatic nitrogens is 7. The van der Waals surface area contributed by atoms with E-state index in [1.807, 2.05) is 38.1 Å². The van der Waals surface area contributed by atoms with Gasteiger partial charge in [-0.05, 0) is 95.2 Å². The van der Waals surface area contributed by atoms with E-state index in [0.29, 0.717) is 55.6 Å². The molecule has 1 saturated carbocycles. The van der Waals surface area contributed by atoms with Crippen LogP contribution in [0, 0.1) is 5.92 Å². The van der Waals surface area contributed by atoms with Gasteiger partial charge >= 0.3 is 5.69 Å². The first-order chi connectivity index (χ1) is 30.8. The fraction of sp³-hybridized carbons (Fsp3) is 0.578. The number of imidazole rings is 1. The van der Waals surface area contributed by atoms with Crippen molar-refractivity contribution in [1.82, 2.24) is 43.7 Å². The van der Waals surface area contributed by atoms with Crippen molar-refractivity contribution in [2.75, 3.05) is 56.2 Å². The number of nitrogens with one attached hydrogen (secondary N) is 2. The van der Waals surface area contributed by atoms with Crippen molar-refractivity contribution >= 4 is 45.9 Å². The number of carbonyl (C=O) groups is 3. The second-order valence-electron chi connectivity index (χ2n) is 18.4. The Morgan fingerprint density at radius 1 is 1.05 bits per heavy atom. The van der Waals surface area contributed by atoms with Crippen molar-refractivity contribution in [3.05, 3.63) is 70.2 Å². The Morgan fingerprint density at radius 3 is 2.59 bits per heavy atom. The molecule has 17 nitrogen and oxygen atoms in total. The van der Waals surface area contributed by atoms with Gasteiger partial charge in [-0.15, -0.1) is 0 Å². The number of alkyl halides is 2. The minimum Gasteiger partial charge on any atom is -0.378 e. The lowest BCUT2D eigenvalue weighted by Gasteiger charge is -2.38. The van der Waals surface area contributed by atoms with Gasteiger partial charge in [0.25, 0.3) is 12.3 Å². The average Bonchev–Trinajstić information content (AvgIpc) is 3.97. The van der Waals surface area contributed by atoms with Crippen LogP contribution in [-0.4, -0.2) is 114 Å². The van der Waals surface area contributed by atoms with Gasteiger partial charge in [0, 0.05) is 65.2 Å². The molecule has 19 heteroatoms. The number of imide groups is 1. The maximum absolute atomic E-state index is 14.3. The van der Waals surface area contributed by atoms with E-state index < -0.39 is 30.0 Å². The van der Waals surface area contributed by atoms with Crippen LogP contribution in [0.3, 0.4) is 0 Å². The minimum atomic E-state index is -2.86. The summed E-state index contributed by atoms with van der Waals surface area (Å²) in [6.07, 6.45) is 9.44. The van der Waals surface area contributed by atoms with E-state index in [4.69, 9.17) is 14.5 Å². The number of para-hydroxylation sites is 1. The van der Waals surface area contributed by atoms with Crippen molar-refractivity contribution in [2.45, 2.75) is 108 Å². The van der Waals surface area contributed by atoms with Crippen LogP contribution in [0.4, 0.5) is 20.3 Å². The van der Waals surface area contributed by atoms with Gasteiger partial charge in [-0.2, -0.15) is 10.2 Å². The number of amides is 3. The van der Waals surface area contributed by atoms with Gasteiger partial charge in [0.2, 0.25) is 11.8 Å². The second kappa shape index (κ2) is 18.2. The average molecular weight is 886 g/mol. The number of aryl methyl sites for hydroxylation is 2. The highest BCUT2D eigenvalue weighted by Crippen LogP contribution is 2.36. The van der Waals surface area contributed by atoms with Crippen LogP contribution in [0.15, 0.2) is 47.7 Å². The predicted octanol–water partition coefficient (Wildman–Crippen LogP) is 5.21. The van der Waals surface area contributed by atoms with E-state index >= 15 is 0 Å². The maximum atomic E-state index is 14.3. The number of likely N-dealkylation sites (tertiary alicyclic amines) is 1. The van der Waals surface area contributed by atoms with Crippen molar-refractivity contribution in [1.29, 1.82) is 0 Å². The molecule has 1 aromatic carbocycles. The van der Waals surface area contributed by atoms with Gasteiger partial charge in [0.15, 0.2) is 11.3 Å². The van der Waals surface area contributed by atoms with Gasteiger partial charge in [0.1, 0.15) is 17.4 Å². The lowest BCUT2D eigenvalue weighted by atomic mass is 9.85. The number of rotatable bonds is 13. The number of nitrogens with zero attached hydrogens (tertiary/aromatic N) is 9. The first kappa shape index (κ1) is 43.7. The monoisotopic (exact) mass is 885 g/mol. The first-order valence-corrected chi connectivity index (χ1v) is 22.6. The highest BCUT2D eigenvalue weighted by Gasteiger charge is 2.33. The van der Waals surface area contributed by atoms with Crippen molar-refractivity contribution < 1.29 is 32.6 Å². The van der Waals surface area contributed by atoms with Crippen LogP contribution in [-0.2, 0) is 32.5 Å². The summed E-state index contributed by atoms with van der Waals surface area (Å²) in [7, 11) is 1.72. The zero-order chi connectivity index (χ0) is 44.7. The molecule has 0 radical (unpaired) electrons. The van der Waals surface area contributed by atoms with Gasteiger partial charge < -0.3 is 24.6 Å². The topological polar surface area (TPSA) is 175 Å². The van der Waals surface area contributed by atoms with Crippen LogP contribution < -0.4 is 21.2 Å². The molecule has 3 amide bonds. The summed E-state index contributed by atoms with van der Waals surface area (Å²) in [6, 6.07) is 6.86. The summed E-state index contributed by atoms with van der Waals surface area (Å²) in [5.41, 5.74) is 1.95. The number of morpholine rings is 1. The molecule has 1 atom stereocenters. The molecule has 0 bridgehead atoms. The summed E-state index contributed by atoms with van der Waals surface area (Å²) in [6.45, 7) is 9.36. The van der Waals surface area contributed by atoms with Crippen LogP contribution in [0.1, 0.15) is 112 Å². The largest absolute Gasteiger partial charge is 0.378 e. The molecule has 3 aliphatic heterocycles. The number of anilines is 2. The van der Waals surface area contributed by atoms with Crippen molar-refractivity contribution in [3.63, 3.8) is 0 Å². The normalized spacial score (nSPS) is 22.5. The van der Waals surface area contributed by atoms with Crippen LogP contribution >= 0.6 is 0 Å². The van der Waals surface area contributed by atoms with Crippen molar-refractivity contribution in [2.24, 2.45) is 13.0 Å². The summed E-state index contributed by atoms with van der Waals surface area (Å²) < 4.78 is 47.0. The first-order valence-electron chi connectivity index (χ1n) is 22.6. The van der Waals surface area contributed by atoms with Gasteiger partial charge in [-0.25, -0.2) is 23.1 Å². The number of halogens is 2. The molecule has 2 N–H and O–H groups in total. The standard InChI is InChI=1S/C45H57F2N11O6/c1-45(2)27-55(21-23-64-45)36-17-20-56-41(50-36)32(24-48-56)42(60)49-33-26-57(52-38(33)40(46)47)30-11-9-28(10-12-30)25-54-18-15-31(16-19-54)63-22-5-7-29-6-4-8-34-39(29)53(3)44(62)58(34)35-13-14-37(59)51-43(35)61/h4,6,8,17,20,24,26,28,30-31,35,40H,5,7,9-16,18-19,21-23,25,27H2,1-3H3,(H,49,60)(H,51,59,61)/t28-,30-,35?. The number of fused-ring (bicyclic) bond motifs is 2. The van der Waals surface area contributed by atoms with Crippen LogP contribution in [0.5, 0.6) is 0 Å². The fourth-order valence-corrected chi connectivity index (χ4v) is 10.1. The number of hydrogen-bond acceptors (Lipinski definition) is 11. The Balaban J connectivity index is 0.732. The molecule has 4 fully saturated rings. The molecular weight excluding hydrogens is 829 g/mol. The zero-order valence-corrected chi connectivity index (χ0v) is 36.7. The lowest BCUT2D eigenvalue weighted by molar-refractivity contribution is -0.135. The molecular formula is C45H57F2N11O6.